The Morgan fingerprint density at radius 1 is 1.03 bits per heavy atom. The number of hydrogen-bond acceptors (Lipinski definition) is 6. The number of Topliss-reactive ketones (excluding diaryl/α,β-unsaturated/α-hetero) is 1. The van der Waals surface area contributed by atoms with Crippen LogP contribution in [0.3, 0.4) is 0 Å². The van der Waals surface area contributed by atoms with Crippen LogP contribution in [-0.2, 0) is 19.7 Å². The molecule has 7 nitrogen and oxygen atoms in total. The van der Waals surface area contributed by atoms with Gasteiger partial charge in [0.05, 0.1) is 22.9 Å². The van der Waals surface area contributed by atoms with Crippen molar-refractivity contribution in [3.63, 3.8) is 0 Å². The molecule has 196 valence electrons. The predicted molar refractivity (Wildman–Crippen MR) is 146 cm³/mol. The summed E-state index contributed by atoms with van der Waals surface area (Å²) in [5, 5.41) is 11.6. The first-order valence-electron chi connectivity index (χ1n) is 12.5. The zero-order valence-electron chi connectivity index (χ0n) is 22.5. The fraction of sp³-hybridized carbons (Fsp3) is 0.290. The van der Waals surface area contributed by atoms with Crippen molar-refractivity contribution < 1.29 is 24.2 Å². The van der Waals surface area contributed by atoms with Crippen LogP contribution in [0, 0.1) is 6.92 Å². The van der Waals surface area contributed by atoms with Gasteiger partial charge in [0.2, 0.25) is 0 Å². The van der Waals surface area contributed by atoms with Crippen molar-refractivity contribution in [3.05, 3.63) is 100 Å². The highest BCUT2D eigenvalue weighted by atomic mass is 16.5. The number of aryl methyl sites for hydroxylation is 1. The summed E-state index contributed by atoms with van der Waals surface area (Å²) in [6.45, 7) is 11.6. The van der Waals surface area contributed by atoms with Crippen LogP contribution in [0.5, 0.6) is 0 Å². The number of benzene rings is 2. The minimum absolute atomic E-state index is 0.0360. The van der Waals surface area contributed by atoms with Crippen molar-refractivity contribution >= 4 is 29.1 Å². The molecule has 0 saturated carbocycles. The zero-order valence-corrected chi connectivity index (χ0v) is 22.5. The molecule has 1 atom stereocenters. The van der Waals surface area contributed by atoms with E-state index in [0.29, 0.717) is 22.5 Å². The van der Waals surface area contributed by atoms with Crippen LogP contribution >= 0.6 is 0 Å². The second-order valence-corrected chi connectivity index (χ2v) is 10.7. The number of carbonyl (C=O) groups is 3. The molecule has 1 N–H and O–H groups in total. The minimum Gasteiger partial charge on any atom is -0.507 e. The van der Waals surface area contributed by atoms with Gasteiger partial charge in [0.1, 0.15) is 11.8 Å². The van der Waals surface area contributed by atoms with Crippen LogP contribution in [0.4, 0.5) is 5.69 Å². The lowest BCUT2D eigenvalue weighted by Crippen LogP contribution is -2.29. The first-order valence-corrected chi connectivity index (χ1v) is 12.5. The molecule has 38 heavy (non-hydrogen) atoms. The Labute approximate surface area is 222 Å². The highest BCUT2D eigenvalue weighted by molar-refractivity contribution is 6.51. The van der Waals surface area contributed by atoms with Gasteiger partial charge in [-0.3, -0.25) is 19.5 Å². The summed E-state index contributed by atoms with van der Waals surface area (Å²) >= 11 is 0. The first-order chi connectivity index (χ1) is 17.9. The van der Waals surface area contributed by atoms with Gasteiger partial charge >= 0.3 is 5.97 Å². The summed E-state index contributed by atoms with van der Waals surface area (Å²) in [5.74, 6) is -2.32. The van der Waals surface area contributed by atoms with Gasteiger partial charge in [-0.15, -0.1) is 0 Å². The molecule has 0 radical (unpaired) electrons. The van der Waals surface area contributed by atoms with E-state index >= 15 is 0 Å². The molecule has 1 aromatic heterocycles. The topological polar surface area (TPSA) is 96.8 Å². The molecule has 2 heterocycles. The molecule has 1 fully saturated rings. The number of anilines is 1. The highest BCUT2D eigenvalue weighted by Crippen LogP contribution is 2.42. The van der Waals surface area contributed by atoms with Gasteiger partial charge in [-0.1, -0.05) is 39.0 Å². The second kappa shape index (κ2) is 10.2. The minimum atomic E-state index is -0.956. The van der Waals surface area contributed by atoms with E-state index in [2.05, 4.69) is 25.8 Å². The Kier molecular flexibility index (Phi) is 7.22. The monoisotopic (exact) mass is 512 g/mol. The molecule has 3 aromatic rings. The summed E-state index contributed by atoms with van der Waals surface area (Å²) in [7, 11) is 0. The van der Waals surface area contributed by atoms with Gasteiger partial charge < -0.3 is 9.84 Å². The molecule has 0 aliphatic carbocycles. The number of amides is 1. The third-order valence-electron chi connectivity index (χ3n) is 6.49. The maximum absolute atomic E-state index is 13.5. The average molecular weight is 513 g/mol. The molecule has 1 aliphatic rings. The van der Waals surface area contributed by atoms with Gasteiger partial charge in [-0.2, -0.15) is 0 Å². The maximum Gasteiger partial charge on any atom is 0.338 e. The third-order valence-corrected chi connectivity index (χ3v) is 6.49. The quantitative estimate of drug-likeness (QED) is 0.198. The Bertz CT molecular complexity index is 1420. The third kappa shape index (κ3) is 5.09. The highest BCUT2D eigenvalue weighted by Gasteiger charge is 2.47. The lowest BCUT2D eigenvalue weighted by atomic mass is 9.84. The fourth-order valence-electron chi connectivity index (χ4n) is 4.45. The number of aliphatic hydroxyl groups is 1. The van der Waals surface area contributed by atoms with E-state index in [4.69, 9.17) is 4.74 Å². The van der Waals surface area contributed by atoms with Crippen LogP contribution in [0.15, 0.2) is 72.4 Å². The Morgan fingerprint density at radius 3 is 2.29 bits per heavy atom. The zero-order chi connectivity index (χ0) is 27.8. The van der Waals surface area contributed by atoms with E-state index in [-0.39, 0.29) is 22.9 Å². The molecule has 0 spiro atoms. The van der Waals surface area contributed by atoms with Gasteiger partial charge in [-0.25, -0.2) is 4.79 Å². The molecule has 1 saturated heterocycles. The van der Waals surface area contributed by atoms with Crippen LogP contribution in [0.1, 0.15) is 73.4 Å². The standard InChI is InChI=1S/C31H32N2O5/c1-18(2)38-30(37)20-11-14-22(15-12-20)33-26(24-9-7-8-16-32-24)25(28(35)29(33)36)27(34)23-17-21(31(4,5)6)13-10-19(23)3/h7-18,26,34H,1-6H3/b27-25+. The van der Waals surface area contributed by atoms with E-state index in [1.165, 1.54) is 4.90 Å². The number of pyridine rings is 1. The van der Waals surface area contributed by atoms with Crippen LogP contribution in [-0.4, -0.2) is 33.9 Å². The van der Waals surface area contributed by atoms with Crippen LogP contribution in [0.25, 0.3) is 5.76 Å². The van der Waals surface area contributed by atoms with E-state index in [9.17, 15) is 19.5 Å². The Balaban J connectivity index is 1.87. The van der Waals surface area contributed by atoms with Crippen molar-refractivity contribution in [3.8, 4) is 0 Å². The van der Waals surface area contributed by atoms with Crippen LogP contribution in [0.2, 0.25) is 0 Å². The molecule has 0 bridgehead atoms. The van der Waals surface area contributed by atoms with Gasteiger partial charge in [0.25, 0.3) is 11.7 Å². The first kappa shape index (κ1) is 26.8. The SMILES string of the molecule is Cc1ccc(C(C)(C)C)cc1/C(O)=C1\C(=O)C(=O)N(c2ccc(C(=O)OC(C)C)cc2)C1c1ccccn1. The number of ketones is 1. The van der Waals surface area contributed by atoms with Crippen LogP contribution < -0.4 is 4.90 Å². The molecular weight excluding hydrogens is 480 g/mol. The summed E-state index contributed by atoms with van der Waals surface area (Å²) in [4.78, 5) is 44.9. The number of aromatic nitrogens is 1. The summed E-state index contributed by atoms with van der Waals surface area (Å²) < 4.78 is 5.25. The lowest BCUT2D eigenvalue weighted by Gasteiger charge is -2.25. The van der Waals surface area contributed by atoms with Crippen molar-refractivity contribution in [1.82, 2.24) is 4.98 Å². The smallest absolute Gasteiger partial charge is 0.338 e. The Morgan fingerprint density at radius 2 is 1.71 bits per heavy atom. The molecular formula is C31H32N2O5. The summed E-state index contributed by atoms with van der Waals surface area (Å²) in [6, 6.07) is 16.3. The lowest BCUT2D eigenvalue weighted by molar-refractivity contribution is -0.132. The van der Waals surface area contributed by atoms with Gasteiger partial charge in [0, 0.05) is 17.4 Å². The molecule has 2 aromatic carbocycles. The predicted octanol–water partition coefficient (Wildman–Crippen LogP) is 5.88. The Hall–Kier alpha value is -4.26. The molecule has 4 rings (SSSR count). The molecule has 1 unspecified atom stereocenters. The van der Waals surface area contributed by atoms with E-state index in [1.807, 2.05) is 25.1 Å². The second-order valence-electron chi connectivity index (χ2n) is 10.7. The van der Waals surface area contributed by atoms with Crippen molar-refractivity contribution in [2.24, 2.45) is 0 Å². The number of rotatable bonds is 5. The van der Waals surface area contributed by atoms with Crippen molar-refractivity contribution in [2.45, 2.75) is 59.1 Å². The van der Waals surface area contributed by atoms with Crippen molar-refractivity contribution in [2.75, 3.05) is 4.90 Å². The molecule has 7 heteroatoms. The number of esters is 1. The normalized spacial score (nSPS) is 17.2. The molecule has 1 aliphatic heterocycles. The molecule has 1 amide bonds. The number of nitrogens with zero attached hydrogens (tertiary/aromatic N) is 2. The largest absolute Gasteiger partial charge is 0.507 e. The summed E-state index contributed by atoms with van der Waals surface area (Å²) in [6.07, 6.45) is 1.30. The number of ether oxygens (including phenoxy) is 1. The average Bonchev–Trinajstić information content (AvgIpc) is 3.13. The number of carbonyl (C=O) groups excluding carboxylic acids is 3. The maximum atomic E-state index is 13.5. The van der Waals surface area contributed by atoms with Gasteiger partial charge in [-0.05, 0) is 79.8 Å². The van der Waals surface area contributed by atoms with Gasteiger partial charge in [0.15, 0.2) is 0 Å². The van der Waals surface area contributed by atoms with E-state index in [1.54, 1.807) is 62.5 Å². The van der Waals surface area contributed by atoms with E-state index in [0.717, 1.165) is 11.1 Å². The van der Waals surface area contributed by atoms with E-state index < -0.39 is 23.7 Å². The summed E-state index contributed by atoms with van der Waals surface area (Å²) in [5.41, 5.74) is 3.17. The number of aliphatic hydroxyl groups excluding tert-OH is 1. The fourth-order valence-corrected chi connectivity index (χ4v) is 4.45. The van der Waals surface area contributed by atoms with Crippen molar-refractivity contribution in [1.29, 1.82) is 0 Å². The number of hydrogen-bond donors (Lipinski definition) is 1.